The summed E-state index contributed by atoms with van der Waals surface area (Å²) in [7, 11) is 3.48. The van der Waals surface area contributed by atoms with Crippen molar-refractivity contribution >= 4 is 6.03 Å². The molecule has 2 amide bonds. The summed E-state index contributed by atoms with van der Waals surface area (Å²) < 4.78 is 4.99. The number of hydrogen-bond acceptors (Lipinski definition) is 3. The first-order valence-corrected chi connectivity index (χ1v) is 6.60. The van der Waals surface area contributed by atoms with Crippen molar-refractivity contribution in [3.05, 3.63) is 0 Å². The third kappa shape index (κ3) is 4.14. The van der Waals surface area contributed by atoms with Gasteiger partial charge in [-0.25, -0.2) is 4.79 Å². The molecule has 1 fully saturated rings. The largest absolute Gasteiger partial charge is 0.383 e. The SMILES string of the molecule is COCCN(C)C(=O)N1CCN(C(C)(C)C)CC1. The first-order valence-electron chi connectivity index (χ1n) is 6.60. The lowest BCUT2D eigenvalue weighted by molar-refractivity contribution is 0.0636. The van der Waals surface area contributed by atoms with Crippen molar-refractivity contribution in [2.75, 3.05) is 53.5 Å². The van der Waals surface area contributed by atoms with Gasteiger partial charge in [0.2, 0.25) is 0 Å². The molecule has 1 aliphatic heterocycles. The van der Waals surface area contributed by atoms with E-state index in [1.54, 1.807) is 12.0 Å². The second-order valence-electron chi connectivity index (χ2n) is 5.84. The number of methoxy groups -OCH3 is 1. The van der Waals surface area contributed by atoms with Gasteiger partial charge in [-0.05, 0) is 20.8 Å². The van der Waals surface area contributed by atoms with Crippen molar-refractivity contribution in [2.24, 2.45) is 0 Å². The summed E-state index contributed by atoms with van der Waals surface area (Å²) in [6.07, 6.45) is 0. The molecule has 0 aromatic carbocycles. The molecule has 0 saturated carbocycles. The van der Waals surface area contributed by atoms with E-state index in [1.165, 1.54) is 0 Å². The van der Waals surface area contributed by atoms with E-state index in [9.17, 15) is 4.79 Å². The van der Waals surface area contributed by atoms with Gasteiger partial charge in [-0.15, -0.1) is 0 Å². The molecule has 0 aliphatic carbocycles. The third-order valence-corrected chi connectivity index (χ3v) is 3.46. The summed E-state index contributed by atoms with van der Waals surface area (Å²) in [5.41, 5.74) is 0.192. The maximum Gasteiger partial charge on any atom is 0.319 e. The molecule has 106 valence electrons. The predicted molar refractivity (Wildman–Crippen MR) is 72.8 cm³/mol. The van der Waals surface area contributed by atoms with Gasteiger partial charge in [0, 0.05) is 52.4 Å². The molecule has 5 heteroatoms. The Kier molecular flexibility index (Phi) is 5.41. The van der Waals surface area contributed by atoms with Crippen LogP contribution in [0.4, 0.5) is 4.79 Å². The molecule has 1 aliphatic rings. The second-order valence-corrected chi connectivity index (χ2v) is 5.84. The van der Waals surface area contributed by atoms with Gasteiger partial charge >= 0.3 is 6.03 Å². The average Bonchev–Trinajstić information content (AvgIpc) is 2.34. The molecule has 0 unspecified atom stereocenters. The smallest absolute Gasteiger partial charge is 0.319 e. The fourth-order valence-electron chi connectivity index (χ4n) is 2.13. The number of likely N-dealkylation sites (N-methyl/N-ethyl adjacent to an activating group) is 1. The van der Waals surface area contributed by atoms with Crippen LogP contribution in [0.15, 0.2) is 0 Å². The van der Waals surface area contributed by atoms with Crippen LogP contribution in [0, 0.1) is 0 Å². The van der Waals surface area contributed by atoms with E-state index in [-0.39, 0.29) is 11.6 Å². The Balaban J connectivity index is 2.40. The monoisotopic (exact) mass is 257 g/mol. The van der Waals surface area contributed by atoms with Gasteiger partial charge in [0.25, 0.3) is 0 Å². The number of ether oxygens (including phenoxy) is 1. The van der Waals surface area contributed by atoms with Gasteiger partial charge in [-0.2, -0.15) is 0 Å². The van der Waals surface area contributed by atoms with Crippen molar-refractivity contribution in [3.63, 3.8) is 0 Å². The van der Waals surface area contributed by atoms with E-state index < -0.39 is 0 Å². The zero-order chi connectivity index (χ0) is 13.8. The van der Waals surface area contributed by atoms with E-state index in [1.807, 2.05) is 11.9 Å². The third-order valence-electron chi connectivity index (χ3n) is 3.46. The van der Waals surface area contributed by atoms with Crippen LogP contribution in [0.25, 0.3) is 0 Å². The molecular weight excluding hydrogens is 230 g/mol. The number of carbonyl (C=O) groups is 1. The number of rotatable bonds is 3. The fraction of sp³-hybridized carbons (Fsp3) is 0.923. The van der Waals surface area contributed by atoms with Crippen LogP contribution in [0.5, 0.6) is 0 Å². The number of piperazine rings is 1. The van der Waals surface area contributed by atoms with E-state index in [0.717, 1.165) is 26.2 Å². The van der Waals surface area contributed by atoms with Gasteiger partial charge in [-0.3, -0.25) is 4.90 Å². The van der Waals surface area contributed by atoms with E-state index in [4.69, 9.17) is 4.74 Å². The second kappa shape index (κ2) is 6.38. The van der Waals surface area contributed by atoms with E-state index in [2.05, 4.69) is 25.7 Å². The van der Waals surface area contributed by atoms with E-state index >= 15 is 0 Å². The molecule has 18 heavy (non-hydrogen) atoms. The molecule has 1 heterocycles. The van der Waals surface area contributed by atoms with Crippen molar-refractivity contribution in [1.29, 1.82) is 0 Å². The highest BCUT2D eigenvalue weighted by Gasteiger charge is 2.28. The minimum atomic E-state index is 0.112. The first-order chi connectivity index (χ1) is 8.36. The summed E-state index contributed by atoms with van der Waals surface area (Å²) in [5, 5.41) is 0. The van der Waals surface area contributed by atoms with Gasteiger partial charge < -0.3 is 14.5 Å². The van der Waals surface area contributed by atoms with Crippen LogP contribution >= 0.6 is 0 Å². The molecule has 1 rings (SSSR count). The highest BCUT2D eigenvalue weighted by Crippen LogP contribution is 2.16. The maximum absolute atomic E-state index is 12.1. The Morgan fingerprint density at radius 3 is 2.22 bits per heavy atom. The summed E-state index contributed by atoms with van der Waals surface area (Å²) >= 11 is 0. The molecule has 0 N–H and O–H groups in total. The van der Waals surface area contributed by atoms with Crippen molar-refractivity contribution < 1.29 is 9.53 Å². The Morgan fingerprint density at radius 2 is 1.78 bits per heavy atom. The number of nitrogens with zero attached hydrogens (tertiary/aromatic N) is 3. The zero-order valence-corrected chi connectivity index (χ0v) is 12.4. The molecule has 0 aromatic heterocycles. The maximum atomic E-state index is 12.1. The Bertz CT molecular complexity index is 268. The highest BCUT2D eigenvalue weighted by molar-refractivity contribution is 5.74. The molecule has 0 spiro atoms. The van der Waals surface area contributed by atoms with Crippen LogP contribution in [-0.4, -0.2) is 79.8 Å². The molecule has 0 bridgehead atoms. The normalized spacial score (nSPS) is 17.9. The van der Waals surface area contributed by atoms with Crippen LogP contribution in [0.2, 0.25) is 0 Å². The first kappa shape index (κ1) is 15.2. The highest BCUT2D eigenvalue weighted by atomic mass is 16.5. The van der Waals surface area contributed by atoms with Crippen LogP contribution in [-0.2, 0) is 4.74 Å². The molecule has 0 atom stereocenters. The summed E-state index contributed by atoms with van der Waals surface area (Å²) in [6.45, 7) is 11.4. The summed E-state index contributed by atoms with van der Waals surface area (Å²) in [5.74, 6) is 0. The number of amides is 2. The molecule has 1 saturated heterocycles. The van der Waals surface area contributed by atoms with E-state index in [0.29, 0.717) is 13.2 Å². The molecule has 0 radical (unpaired) electrons. The number of carbonyl (C=O) groups excluding carboxylic acids is 1. The summed E-state index contributed by atoms with van der Waals surface area (Å²) in [4.78, 5) is 18.2. The van der Waals surface area contributed by atoms with Gasteiger partial charge in [0.15, 0.2) is 0 Å². The lowest BCUT2D eigenvalue weighted by Gasteiger charge is -2.43. The van der Waals surface area contributed by atoms with Crippen LogP contribution in [0.3, 0.4) is 0 Å². The Labute approximate surface area is 111 Å². The van der Waals surface area contributed by atoms with Crippen molar-refractivity contribution in [3.8, 4) is 0 Å². The fourth-order valence-corrected chi connectivity index (χ4v) is 2.13. The lowest BCUT2D eigenvalue weighted by atomic mass is 10.1. The molecular formula is C13H27N3O2. The minimum Gasteiger partial charge on any atom is -0.383 e. The summed E-state index contributed by atoms with van der Waals surface area (Å²) in [6, 6.07) is 0.112. The van der Waals surface area contributed by atoms with Crippen molar-refractivity contribution in [1.82, 2.24) is 14.7 Å². The molecule has 5 nitrogen and oxygen atoms in total. The van der Waals surface area contributed by atoms with Crippen LogP contribution < -0.4 is 0 Å². The topological polar surface area (TPSA) is 36.0 Å². The number of urea groups is 1. The minimum absolute atomic E-state index is 0.112. The predicted octanol–water partition coefficient (Wildman–Crippen LogP) is 1.10. The molecule has 0 aromatic rings. The Morgan fingerprint density at radius 1 is 1.22 bits per heavy atom. The standard InChI is InChI=1S/C13H27N3O2/c1-13(2,3)16-8-6-15(7-9-16)12(17)14(4)10-11-18-5/h6-11H2,1-5H3. The average molecular weight is 257 g/mol. The lowest BCUT2D eigenvalue weighted by Crippen LogP contribution is -2.56. The van der Waals surface area contributed by atoms with Gasteiger partial charge in [0.1, 0.15) is 0 Å². The number of hydrogen-bond donors (Lipinski definition) is 0. The zero-order valence-electron chi connectivity index (χ0n) is 12.4. The van der Waals surface area contributed by atoms with Crippen LogP contribution in [0.1, 0.15) is 20.8 Å². The quantitative estimate of drug-likeness (QED) is 0.759. The Hall–Kier alpha value is -0.810. The van der Waals surface area contributed by atoms with Crippen molar-refractivity contribution in [2.45, 2.75) is 26.3 Å². The van der Waals surface area contributed by atoms with Gasteiger partial charge in [-0.1, -0.05) is 0 Å². The van der Waals surface area contributed by atoms with Gasteiger partial charge in [0.05, 0.1) is 6.61 Å².